The molecule has 0 bridgehead atoms. The zero-order valence-corrected chi connectivity index (χ0v) is 14.8. The molecular formula is C8H22O7Si3. The Bertz CT molecular complexity index is 253. The van der Waals surface area contributed by atoms with Gasteiger partial charge >= 0.3 is 26.8 Å². The van der Waals surface area contributed by atoms with Gasteiger partial charge < -0.3 is 25.9 Å². The Morgan fingerprint density at radius 3 is 1.89 bits per heavy atom. The van der Waals surface area contributed by atoms with Crippen LogP contribution in [-0.2, 0) is 30.4 Å². The monoisotopic (exact) mass is 314 g/mol. The van der Waals surface area contributed by atoms with E-state index in [1.807, 2.05) is 6.92 Å². The summed E-state index contributed by atoms with van der Waals surface area (Å²) in [5, 5.41) is 0. The third kappa shape index (κ3) is 5.26. The Morgan fingerprint density at radius 2 is 1.56 bits per heavy atom. The minimum absolute atomic E-state index is 0.637. The smallest absolute Gasteiger partial charge is 0.530 e. The molecule has 0 amide bonds. The van der Waals surface area contributed by atoms with Crippen LogP contribution in [0, 0.1) is 0 Å². The average Bonchev–Trinajstić information content (AvgIpc) is 2.36. The first-order valence-electron chi connectivity index (χ1n) is 5.53. The van der Waals surface area contributed by atoms with Gasteiger partial charge in [0.2, 0.25) is 0 Å². The third-order valence-electron chi connectivity index (χ3n) is 2.26. The summed E-state index contributed by atoms with van der Waals surface area (Å²) in [4.78, 5) is 0. The van der Waals surface area contributed by atoms with Crippen LogP contribution in [0.15, 0.2) is 0 Å². The van der Waals surface area contributed by atoms with E-state index in [-0.39, 0.29) is 0 Å². The summed E-state index contributed by atoms with van der Waals surface area (Å²) in [6, 6.07) is 0.637. The summed E-state index contributed by atoms with van der Waals surface area (Å²) in [6.07, 6.45) is 0.823. The zero-order valence-electron chi connectivity index (χ0n) is 11.8. The topological polar surface area (TPSA) is 72.5 Å². The molecule has 0 N–H and O–H groups in total. The lowest BCUT2D eigenvalue weighted by molar-refractivity contribution is 0.0390. The van der Waals surface area contributed by atoms with Crippen molar-refractivity contribution in [3.63, 3.8) is 0 Å². The molecule has 7 nitrogen and oxygen atoms in total. The van der Waals surface area contributed by atoms with Gasteiger partial charge in [-0.25, -0.2) is 0 Å². The summed E-state index contributed by atoms with van der Waals surface area (Å²) < 4.78 is 42.9. The lowest BCUT2D eigenvalue weighted by atomic mass is 10.6. The Morgan fingerprint density at radius 1 is 1.06 bits per heavy atom. The molecule has 0 aromatic rings. The zero-order chi connectivity index (χ0) is 14.2. The van der Waals surface area contributed by atoms with Crippen molar-refractivity contribution in [2.24, 2.45) is 0 Å². The van der Waals surface area contributed by atoms with E-state index in [0.29, 0.717) is 6.04 Å². The van der Waals surface area contributed by atoms with Gasteiger partial charge in [-0.1, -0.05) is 13.3 Å². The normalized spacial score (nSPS) is 15.0. The van der Waals surface area contributed by atoms with E-state index in [0.717, 1.165) is 6.42 Å². The molecule has 0 saturated carbocycles. The van der Waals surface area contributed by atoms with Gasteiger partial charge in [-0.2, -0.15) is 0 Å². The molecule has 0 rings (SSSR count). The van der Waals surface area contributed by atoms with Crippen molar-refractivity contribution < 1.29 is 30.4 Å². The molecule has 0 saturated heterocycles. The van der Waals surface area contributed by atoms with E-state index in [9.17, 15) is 4.46 Å². The van der Waals surface area contributed by atoms with Crippen molar-refractivity contribution in [1.29, 1.82) is 0 Å². The highest BCUT2D eigenvalue weighted by Gasteiger charge is 2.52. The van der Waals surface area contributed by atoms with Crippen molar-refractivity contribution in [2.75, 3.05) is 28.4 Å². The van der Waals surface area contributed by atoms with Gasteiger partial charge in [0.25, 0.3) is 0 Å². The Hall–Kier alpha value is -0.109. The average molecular weight is 315 g/mol. The molecule has 18 heavy (non-hydrogen) atoms. The fraction of sp³-hybridized carbons (Fsp3) is 1.00. The minimum Gasteiger partial charge on any atom is -0.530 e. The third-order valence-corrected chi connectivity index (χ3v) is 10.6. The molecule has 1 unspecified atom stereocenters. The Balaban J connectivity index is 4.92. The molecule has 0 aliphatic heterocycles. The molecule has 0 aromatic heterocycles. The van der Waals surface area contributed by atoms with E-state index in [4.69, 9.17) is 21.5 Å². The maximum Gasteiger partial charge on any atom is 0.753 e. The first-order valence-corrected chi connectivity index (χ1v) is 10.9. The van der Waals surface area contributed by atoms with Crippen LogP contribution in [-0.4, -0.2) is 55.2 Å². The second-order valence-electron chi connectivity index (χ2n) is 3.65. The molecule has 1 atom stereocenters. The van der Waals surface area contributed by atoms with Crippen molar-refractivity contribution >= 4 is 26.8 Å². The highest BCUT2D eigenvalue weighted by Crippen LogP contribution is 2.22. The molecule has 0 fully saturated rings. The largest absolute Gasteiger partial charge is 0.753 e. The first kappa shape index (κ1) is 17.9. The molecule has 0 spiro atoms. The van der Waals surface area contributed by atoms with Crippen molar-refractivity contribution in [2.45, 2.75) is 25.9 Å². The van der Waals surface area contributed by atoms with Crippen molar-refractivity contribution in [3.8, 4) is 0 Å². The molecule has 10 heteroatoms. The molecule has 0 aliphatic rings. The first-order chi connectivity index (χ1) is 8.40. The summed E-state index contributed by atoms with van der Waals surface area (Å²) in [5.41, 5.74) is 0. The van der Waals surface area contributed by atoms with Gasteiger partial charge in [0.15, 0.2) is 0 Å². The summed E-state index contributed by atoms with van der Waals surface area (Å²) in [6.45, 7) is 3.77. The number of rotatable bonds is 10. The molecule has 0 heterocycles. The maximum absolute atomic E-state index is 11.4. The van der Waals surface area contributed by atoms with E-state index in [1.54, 1.807) is 6.55 Å². The molecule has 0 radical (unpaired) electrons. The van der Waals surface area contributed by atoms with Gasteiger partial charge in [-0.05, 0) is 6.55 Å². The van der Waals surface area contributed by atoms with Crippen molar-refractivity contribution in [3.05, 3.63) is 0 Å². The molecule has 0 aliphatic carbocycles. The van der Waals surface area contributed by atoms with Gasteiger partial charge in [-0.3, -0.25) is 4.46 Å². The van der Waals surface area contributed by atoms with Gasteiger partial charge in [0.1, 0.15) is 0 Å². The lowest BCUT2D eigenvalue weighted by Gasteiger charge is -2.33. The number of hydrogen-bond acceptors (Lipinski definition) is 7. The van der Waals surface area contributed by atoms with E-state index in [2.05, 4.69) is 4.43 Å². The second-order valence-corrected chi connectivity index (χ2v) is 11.2. The van der Waals surface area contributed by atoms with Gasteiger partial charge in [-0.15, -0.1) is 0 Å². The number of hydrogen-bond donors (Lipinski definition) is 0. The van der Waals surface area contributed by atoms with Crippen LogP contribution in [0.4, 0.5) is 0 Å². The Labute approximate surface area is 112 Å². The van der Waals surface area contributed by atoms with E-state index < -0.39 is 26.8 Å². The van der Waals surface area contributed by atoms with E-state index in [1.165, 1.54) is 28.4 Å². The van der Waals surface area contributed by atoms with E-state index >= 15 is 0 Å². The molecular weight excluding hydrogens is 292 g/mol. The SMILES string of the molecule is CCC[Si](C)(O[Si](=O)OC)O[Si](OC)(OC)OC. The van der Waals surface area contributed by atoms with Crippen LogP contribution in [0.25, 0.3) is 0 Å². The maximum atomic E-state index is 11.4. The minimum atomic E-state index is -3.21. The molecule has 108 valence electrons. The van der Waals surface area contributed by atoms with Crippen molar-refractivity contribution in [1.82, 2.24) is 0 Å². The van der Waals surface area contributed by atoms with Crippen LogP contribution in [0.5, 0.6) is 0 Å². The van der Waals surface area contributed by atoms with Gasteiger partial charge in [0, 0.05) is 27.4 Å². The quantitative estimate of drug-likeness (QED) is 0.556. The standard InChI is InChI=1S/C8H22O7Si3/c1-7-8-17(6,14-16(9)10-2)15-18(11-3,12-4)13-5/h7-8H2,1-6H3. The van der Waals surface area contributed by atoms with Crippen LogP contribution in [0.1, 0.15) is 13.3 Å². The van der Waals surface area contributed by atoms with Gasteiger partial charge in [0.05, 0.1) is 7.11 Å². The van der Waals surface area contributed by atoms with Crippen LogP contribution < -0.4 is 0 Å². The van der Waals surface area contributed by atoms with Crippen LogP contribution in [0.3, 0.4) is 0 Å². The summed E-state index contributed by atoms with van der Waals surface area (Å²) in [5.74, 6) is 0. The van der Waals surface area contributed by atoms with Crippen LogP contribution >= 0.6 is 0 Å². The fourth-order valence-corrected chi connectivity index (χ4v) is 9.06. The lowest BCUT2D eigenvalue weighted by Crippen LogP contribution is -2.57. The highest BCUT2D eigenvalue weighted by atomic mass is 28.5. The second kappa shape index (κ2) is 8.14. The Kier molecular flexibility index (Phi) is 8.09. The predicted molar refractivity (Wildman–Crippen MR) is 69.1 cm³/mol. The summed E-state index contributed by atoms with van der Waals surface area (Å²) >= 11 is 0. The fourth-order valence-electron chi connectivity index (χ4n) is 1.43. The summed E-state index contributed by atoms with van der Waals surface area (Å²) in [7, 11) is -2.85. The van der Waals surface area contributed by atoms with Crippen LogP contribution in [0.2, 0.25) is 12.6 Å². The highest BCUT2D eigenvalue weighted by molar-refractivity contribution is 6.78. The molecule has 0 aromatic carbocycles. The predicted octanol–water partition coefficient (Wildman–Crippen LogP) is 0.938.